The van der Waals surface area contributed by atoms with E-state index in [0.717, 1.165) is 24.5 Å². The third-order valence-electron chi connectivity index (χ3n) is 2.54. The summed E-state index contributed by atoms with van der Waals surface area (Å²) in [5, 5.41) is 10.4. The molecule has 0 aliphatic heterocycles. The molecule has 1 heterocycles. The van der Waals surface area contributed by atoms with Crippen LogP contribution in [0, 0.1) is 6.92 Å². The first kappa shape index (κ1) is 22.1. The number of carbonyl (C=O) groups is 1. The number of nitrogens with zero attached hydrogens (tertiary/aromatic N) is 2. The second kappa shape index (κ2) is 10.8. The number of amides is 1. The molecule has 8 heteroatoms. The van der Waals surface area contributed by atoms with Gasteiger partial charge in [0.2, 0.25) is 5.91 Å². The lowest BCUT2D eigenvalue weighted by Crippen LogP contribution is -2.43. The number of rotatable bonds is 6. The summed E-state index contributed by atoms with van der Waals surface area (Å²) in [7, 11) is 0. The molecule has 1 rings (SSSR count). The minimum atomic E-state index is -0.235. The largest absolute Gasteiger partial charge is 0.357 e. The van der Waals surface area contributed by atoms with Crippen LogP contribution in [0.5, 0.6) is 0 Å². The Morgan fingerprint density at radius 2 is 2.04 bits per heavy atom. The highest BCUT2D eigenvalue weighted by Crippen LogP contribution is 2.10. The smallest absolute Gasteiger partial charge is 0.242 e. The molecule has 0 fully saturated rings. The van der Waals surface area contributed by atoms with E-state index in [4.69, 9.17) is 0 Å². The van der Waals surface area contributed by atoms with Crippen LogP contribution < -0.4 is 16.0 Å². The summed E-state index contributed by atoms with van der Waals surface area (Å²) >= 11 is 1.70. The Hall–Kier alpha value is -0.900. The van der Waals surface area contributed by atoms with Crippen LogP contribution in [0.15, 0.2) is 11.2 Å². The fourth-order valence-corrected chi connectivity index (χ4v) is 2.54. The van der Waals surface area contributed by atoms with Crippen molar-refractivity contribution in [1.29, 1.82) is 0 Å². The van der Waals surface area contributed by atoms with E-state index >= 15 is 0 Å². The number of halogens is 1. The lowest BCUT2D eigenvalue weighted by molar-refractivity contribution is -0.121. The summed E-state index contributed by atoms with van der Waals surface area (Å²) < 4.78 is 0. The molecule has 0 saturated carbocycles. The van der Waals surface area contributed by atoms with E-state index in [1.165, 1.54) is 4.88 Å². The van der Waals surface area contributed by atoms with Crippen LogP contribution in [0.4, 0.5) is 0 Å². The van der Waals surface area contributed by atoms with Gasteiger partial charge in [-0.05, 0) is 34.6 Å². The third kappa shape index (κ3) is 10.5. The Balaban J connectivity index is 0.00000484. The summed E-state index contributed by atoms with van der Waals surface area (Å²) in [4.78, 5) is 21.6. The van der Waals surface area contributed by atoms with Crippen molar-refractivity contribution in [3.8, 4) is 0 Å². The molecule has 0 aliphatic rings. The Labute approximate surface area is 160 Å². The lowest BCUT2D eigenvalue weighted by Gasteiger charge is -2.20. The molecule has 0 aliphatic carbocycles. The molecule has 0 spiro atoms. The number of hydrogen-bond acceptors (Lipinski definition) is 4. The van der Waals surface area contributed by atoms with Crippen molar-refractivity contribution in [2.45, 2.75) is 46.6 Å². The highest BCUT2D eigenvalue weighted by atomic mass is 127. The third-order valence-corrected chi connectivity index (χ3v) is 3.51. The molecule has 23 heavy (non-hydrogen) atoms. The molecule has 0 saturated heterocycles. The first-order valence-corrected chi connectivity index (χ1v) is 8.36. The van der Waals surface area contributed by atoms with Crippen LogP contribution in [0.2, 0.25) is 0 Å². The number of thiazole rings is 1. The first-order chi connectivity index (χ1) is 10.3. The lowest BCUT2D eigenvalue weighted by atomic mass is 10.1. The van der Waals surface area contributed by atoms with Crippen molar-refractivity contribution in [3.63, 3.8) is 0 Å². The average molecular weight is 453 g/mol. The van der Waals surface area contributed by atoms with Crippen LogP contribution in [-0.4, -0.2) is 42.0 Å². The molecule has 0 radical (unpaired) electrons. The van der Waals surface area contributed by atoms with Crippen molar-refractivity contribution in [2.75, 3.05) is 19.6 Å². The Morgan fingerprint density at radius 1 is 1.35 bits per heavy atom. The summed E-state index contributed by atoms with van der Waals surface area (Å²) in [6, 6.07) is 0. The summed E-state index contributed by atoms with van der Waals surface area (Å²) in [6.07, 6.45) is 2.73. The molecule has 1 aromatic rings. The summed E-state index contributed by atoms with van der Waals surface area (Å²) in [5.74, 6) is 0.570. The standard InChI is InChI=1S/C15H27N5OS.HI/c1-6-16-14(19-10-12(21)20-15(3,4)5)17-8-7-13-18-9-11(2)22-13;/h9H,6-8,10H2,1-5H3,(H,20,21)(H2,16,17,19);1H. The zero-order valence-electron chi connectivity index (χ0n) is 14.5. The number of aliphatic imine (C=N–C) groups is 1. The normalized spacial score (nSPS) is 11.6. The van der Waals surface area contributed by atoms with Gasteiger partial charge in [0.1, 0.15) is 6.54 Å². The molecule has 0 atom stereocenters. The number of nitrogens with one attached hydrogen (secondary N) is 3. The fourth-order valence-electron chi connectivity index (χ4n) is 1.76. The molecule has 1 amide bonds. The number of hydrogen-bond donors (Lipinski definition) is 3. The summed E-state index contributed by atoms with van der Waals surface area (Å²) in [5.41, 5.74) is -0.235. The molecular weight excluding hydrogens is 425 g/mol. The maximum Gasteiger partial charge on any atom is 0.242 e. The van der Waals surface area contributed by atoms with Gasteiger partial charge in [-0.25, -0.2) is 9.98 Å². The van der Waals surface area contributed by atoms with Gasteiger partial charge in [-0.2, -0.15) is 0 Å². The molecule has 0 aromatic carbocycles. The van der Waals surface area contributed by atoms with Crippen molar-refractivity contribution in [3.05, 3.63) is 16.1 Å². The number of aromatic nitrogens is 1. The predicted molar refractivity (Wildman–Crippen MR) is 108 cm³/mol. The molecular formula is C15H28IN5OS. The zero-order chi connectivity index (χ0) is 16.6. The van der Waals surface area contributed by atoms with Crippen LogP contribution in [0.3, 0.4) is 0 Å². The van der Waals surface area contributed by atoms with Crippen molar-refractivity contribution >= 4 is 47.2 Å². The van der Waals surface area contributed by atoms with Crippen molar-refractivity contribution in [2.24, 2.45) is 4.99 Å². The van der Waals surface area contributed by atoms with Gasteiger partial charge >= 0.3 is 0 Å². The molecule has 3 N–H and O–H groups in total. The molecule has 6 nitrogen and oxygen atoms in total. The maximum absolute atomic E-state index is 11.8. The van der Waals surface area contributed by atoms with Gasteiger partial charge < -0.3 is 16.0 Å². The van der Waals surface area contributed by atoms with Gasteiger partial charge in [0.15, 0.2) is 5.96 Å². The second-order valence-corrected chi connectivity index (χ2v) is 7.35. The molecule has 1 aromatic heterocycles. The van der Waals surface area contributed by atoms with E-state index in [0.29, 0.717) is 5.96 Å². The topological polar surface area (TPSA) is 78.4 Å². The molecule has 132 valence electrons. The minimum absolute atomic E-state index is 0. The Bertz CT molecular complexity index is 510. The van der Waals surface area contributed by atoms with E-state index in [1.54, 1.807) is 11.3 Å². The molecule has 0 bridgehead atoms. The van der Waals surface area contributed by atoms with Gasteiger partial charge in [0, 0.05) is 36.1 Å². The van der Waals surface area contributed by atoms with Gasteiger partial charge in [-0.15, -0.1) is 35.3 Å². The second-order valence-electron chi connectivity index (χ2n) is 6.03. The number of carbonyl (C=O) groups excluding carboxylic acids is 1. The van der Waals surface area contributed by atoms with Crippen LogP contribution in [0.25, 0.3) is 0 Å². The van der Waals surface area contributed by atoms with E-state index < -0.39 is 0 Å². The first-order valence-electron chi connectivity index (χ1n) is 7.54. The Kier molecular flexibility index (Phi) is 10.4. The van der Waals surface area contributed by atoms with Crippen LogP contribution >= 0.6 is 35.3 Å². The quantitative estimate of drug-likeness (QED) is 0.350. The van der Waals surface area contributed by atoms with Crippen LogP contribution in [0.1, 0.15) is 37.6 Å². The fraction of sp³-hybridized carbons (Fsp3) is 0.667. The SMILES string of the molecule is CCNC(=NCC(=O)NC(C)(C)C)NCCc1ncc(C)s1.I. The minimum Gasteiger partial charge on any atom is -0.357 e. The average Bonchev–Trinajstić information content (AvgIpc) is 2.80. The van der Waals surface area contributed by atoms with E-state index in [9.17, 15) is 4.79 Å². The number of guanidine groups is 1. The summed E-state index contributed by atoms with van der Waals surface area (Å²) in [6.45, 7) is 11.5. The van der Waals surface area contributed by atoms with Gasteiger partial charge in [-0.1, -0.05) is 0 Å². The van der Waals surface area contributed by atoms with E-state index in [1.807, 2.05) is 40.8 Å². The van der Waals surface area contributed by atoms with Crippen LogP contribution in [-0.2, 0) is 11.2 Å². The van der Waals surface area contributed by atoms with E-state index in [-0.39, 0.29) is 42.0 Å². The van der Waals surface area contributed by atoms with Crippen molar-refractivity contribution in [1.82, 2.24) is 20.9 Å². The Morgan fingerprint density at radius 3 is 2.57 bits per heavy atom. The van der Waals surface area contributed by atoms with Crippen molar-refractivity contribution < 1.29 is 4.79 Å². The number of aryl methyl sites for hydroxylation is 1. The van der Waals surface area contributed by atoms with Gasteiger partial charge in [0.25, 0.3) is 0 Å². The molecule has 0 unspecified atom stereocenters. The highest BCUT2D eigenvalue weighted by molar-refractivity contribution is 14.0. The van der Waals surface area contributed by atoms with Gasteiger partial charge in [-0.3, -0.25) is 4.79 Å². The van der Waals surface area contributed by atoms with E-state index in [2.05, 4.69) is 25.9 Å². The predicted octanol–water partition coefficient (Wildman–Crippen LogP) is 2.08. The highest BCUT2D eigenvalue weighted by Gasteiger charge is 2.13. The van der Waals surface area contributed by atoms with Gasteiger partial charge in [0.05, 0.1) is 5.01 Å². The maximum atomic E-state index is 11.8. The zero-order valence-corrected chi connectivity index (χ0v) is 17.7. The monoisotopic (exact) mass is 453 g/mol.